The molecule has 0 unspecified atom stereocenters. The Bertz CT molecular complexity index is 714. The van der Waals surface area contributed by atoms with Crippen molar-refractivity contribution in [3.05, 3.63) is 55.6 Å². The number of halogens is 1. The Morgan fingerprint density at radius 2 is 2.00 bits per heavy atom. The van der Waals surface area contributed by atoms with Gasteiger partial charge >= 0.3 is 135 Å². The minimum absolute atomic E-state index is 0.0152. The van der Waals surface area contributed by atoms with E-state index in [1.165, 1.54) is 4.57 Å². The molecule has 0 amide bonds. The van der Waals surface area contributed by atoms with Gasteiger partial charge in [0.2, 0.25) is 0 Å². The summed E-state index contributed by atoms with van der Waals surface area (Å²) < 4.78 is 8.54. The predicted octanol–water partition coefficient (Wildman–Crippen LogP) is -1.08. The summed E-state index contributed by atoms with van der Waals surface area (Å²) in [7, 11) is 0. The number of aliphatic hydroxyl groups excluding tert-OH is 1. The van der Waals surface area contributed by atoms with E-state index in [0.717, 1.165) is 4.46 Å². The summed E-state index contributed by atoms with van der Waals surface area (Å²) in [6.45, 7) is -0.0158. The fourth-order valence-electron chi connectivity index (χ4n) is 1.57. The summed E-state index contributed by atoms with van der Waals surface area (Å²) in [5.41, 5.74) is -0.972. The van der Waals surface area contributed by atoms with Crippen molar-refractivity contribution in [3.8, 4) is 0 Å². The molecule has 2 N–H and O–H groups in total. The zero-order valence-corrected chi connectivity index (χ0v) is 14.2. The van der Waals surface area contributed by atoms with Gasteiger partial charge in [-0.2, -0.15) is 0 Å². The molecule has 0 saturated heterocycles. The summed E-state index contributed by atoms with van der Waals surface area (Å²) in [6, 6.07) is 9.60. The van der Waals surface area contributed by atoms with Crippen LogP contribution < -0.4 is 20.3 Å². The van der Waals surface area contributed by atoms with E-state index in [0.29, 0.717) is 9.07 Å². The average molecular weight is 420 g/mol. The van der Waals surface area contributed by atoms with Crippen LogP contribution in [-0.4, -0.2) is 42.8 Å². The van der Waals surface area contributed by atoms with E-state index >= 15 is 0 Å². The van der Waals surface area contributed by atoms with Crippen molar-refractivity contribution in [2.24, 2.45) is 0 Å². The standard InChI is InChI=1S/C13H13BrN2O4Se/c14-10-11(18)15-13(19)16(8-20-7-6-17)12(10)21-9-4-2-1-3-5-9/h1-5,17H,6-8H2,(H,15,18,19). The molecule has 1 aromatic heterocycles. The summed E-state index contributed by atoms with van der Waals surface area (Å²) in [5, 5.41) is 8.74. The summed E-state index contributed by atoms with van der Waals surface area (Å²) >= 11 is 3.01. The number of H-pyrrole nitrogens is 1. The molecule has 21 heavy (non-hydrogen) atoms. The van der Waals surface area contributed by atoms with E-state index in [9.17, 15) is 9.59 Å². The van der Waals surface area contributed by atoms with Gasteiger partial charge in [0.1, 0.15) is 0 Å². The molecule has 2 rings (SSSR count). The Balaban J connectivity index is 2.41. The van der Waals surface area contributed by atoms with E-state index < -0.39 is 11.2 Å². The van der Waals surface area contributed by atoms with Crippen LogP contribution in [0, 0.1) is 0 Å². The summed E-state index contributed by atoms with van der Waals surface area (Å²) in [5.74, 6) is 0. The monoisotopic (exact) mass is 420 g/mol. The van der Waals surface area contributed by atoms with Gasteiger partial charge in [0, 0.05) is 0 Å². The minimum atomic E-state index is -0.519. The van der Waals surface area contributed by atoms with Crippen molar-refractivity contribution in [2.75, 3.05) is 13.2 Å². The third-order valence-corrected chi connectivity index (χ3v) is 6.20. The van der Waals surface area contributed by atoms with E-state index in [2.05, 4.69) is 20.9 Å². The first-order valence-corrected chi connectivity index (χ1v) is 8.58. The van der Waals surface area contributed by atoms with Gasteiger partial charge in [-0.05, 0) is 0 Å². The molecule has 1 heterocycles. The maximum absolute atomic E-state index is 12.0. The number of rotatable bonds is 6. The molecule has 0 fully saturated rings. The van der Waals surface area contributed by atoms with Gasteiger partial charge in [-0.25, -0.2) is 0 Å². The first-order chi connectivity index (χ1) is 10.1. The second-order valence-electron chi connectivity index (χ2n) is 3.98. The molecule has 2 aromatic rings. The van der Waals surface area contributed by atoms with Gasteiger partial charge in [0.25, 0.3) is 0 Å². The second-order valence-corrected chi connectivity index (χ2v) is 7.00. The van der Waals surface area contributed by atoms with Crippen LogP contribution in [0.25, 0.3) is 0 Å². The fourth-order valence-corrected chi connectivity index (χ4v) is 4.28. The number of hydrogen-bond donors (Lipinski definition) is 2. The topological polar surface area (TPSA) is 84.3 Å². The Kier molecular flexibility index (Phi) is 5.95. The van der Waals surface area contributed by atoms with Gasteiger partial charge in [0.15, 0.2) is 0 Å². The Labute approximate surface area is 135 Å². The van der Waals surface area contributed by atoms with Crippen LogP contribution in [0.1, 0.15) is 0 Å². The molecular formula is C13H13BrN2O4Se. The van der Waals surface area contributed by atoms with Gasteiger partial charge in [0.05, 0.1) is 0 Å². The van der Waals surface area contributed by atoms with Gasteiger partial charge < -0.3 is 0 Å². The van der Waals surface area contributed by atoms with E-state index in [1.54, 1.807) is 0 Å². The number of nitrogens with zero attached hydrogens (tertiary/aromatic N) is 1. The summed E-state index contributed by atoms with van der Waals surface area (Å²) in [4.78, 5) is 25.9. The molecule has 1 aromatic carbocycles. The number of nitrogens with one attached hydrogen (secondary N) is 1. The Morgan fingerprint density at radius 1 is 1.29 bits per heavy atom. The molecule has 112 valence electrons. The molecular weight excluding hydrogens is 407 g/mol. The van der Waals surface area contributed by atoms with E-state index in [-0.39, 0.29) is 34.9 Å². The number of aliphatic hydroxyl groups is 1. The SMILES string of the molecule is O=c1[nH]c(=O)n(COCCO)c([Se]c2ccccc2)c1Br. The van der Waals surface area contributed by atoms with Crippen LogP contribution in [0.15, 0.2) is 44.4 Å². The van der Waals surface area contributed by atoms with E-state index in [1.807, 2.05) is 30.3 Å². The van der Waals surface area contributed by atoms with Crippen molar-refractivity contribution < 1.29 is 9.84 Å². The normalized spacial score (nSPS) is 10.8. The van der Waals surface area contributed by atoms with Crippen molar-refractivity contribution in [3.63, 3.8) is 0 Å². The van der Waals surface area contributed by atoms with Gasteiger partial charge in [-0.15, -0.1) is 0 Å². The fraction of sp³-hybridized carbons (Fsp3) is 0.231. The number of hydrogen-bond acceptors (Lipinski definition) is 4. The number of aromatic amines is 1. The molecule has 8 heteroatoms. The van der Waals surface area contributed by atoms with Gasteiger partial charge in [-0.1, -0.05) is 0 Å². The van der Waals surface area contributed by atoms with Crippen LogP contribution in [0.3, 0.4) is 0 Å². The third-order valence-electron chi connectivity index (χ3n) is 2.51. The van der Waals surface area contributed by atoms with Gasteiger partial charge in [-0.3, -0.25) is 0 Å². The molecule has 0 aliphatic rings. The molecule has 0 aliphatic heterocycles. The van der Waals surface area contributed by atoms with Crippen molar-refractivity contribution in [1.29, 1.82) is 0 Å². The van der Waals surface area contributed by atoms with Crippen molar-refractivity contribution in [2.45, 2.75) is 6.73 Å². The van der Waals surface area contributed by atoms with Crippen LogP contribution in [0.2, 0.25) is 0 Å². The van der Waals surface area contributed by atoms with Crippen LogP contribution >= 0.6 is 15.9 Å². The molecule has 0 spiro atoms. The first-order valence-electron chi connectivity index (χ1n) is 6.07. The molecule has 6 nitrogen and oxygen atoms in total. The zero-order chi connectivity index (χ0) is 15.2. The Morgan fingerprint density at radius 3 is 2.67 bits per heavy atom. The number of aromatic nitrogens is 2. The first kappa shape index (κ1) is 16.2. The van der Waals surface area contributed by atoms with Crippen molar-refractivity contribution >= 4 is 39.9 Å². The molecule has 0 saturated carbocycles. The molecule has 0 bridgehead atoms. The van der Waals surface area contributed by atoms with E-state index in [4.69, 9.17) is 9.84 Å². The molecule has 0 aliphatic carbocycles. The average Bonchev–Trinajstić information content (AvgIpc) is 2.49. The molecule has 0 atom stereocenters. The quantitative estimate of drug-likeness (QED) is 0.460. The second kappa shape index (κ2) is 7.72. The third kappa shape index (κ3) is 4.15. The Hall–Kier alpha value is -1.18. The summed E-state index contributed by atoms with van der Waals surface area (Å²) in [6.07, 6.45) is 0. The van der Waals surface area contributed by atoms with Crippen LogP contribution in [-0.2, 0) is 11.5 Å². The predicted molar refractivity (Wildman–Crippen MR) is 83.5 cm³/mol. The van der Waals surface area contributed by atoms with Crippen LogP contribution in [0.5, 0.6) is 0 Å². The van der Waals surface area contributed by atoms with Crippen molar-refractivity contribution in [1.82, 2.24) is 9.55 Å². The number of ether oxygens (including phenoxy) is 1. The van der Waals surface area contributed by atoms with Crippen LogP contribution in [0.4, 0.5) is 0 Å². The molecule has 0 radical (unpaired) electrons. The maximum atomic E-state index is 12.0. The zero-order valence-electron chi connectivity index (χ0n) is 10.9. The number of benzene rings is 1.